The molecular formula is C24H31N3O3S. The summed E-state index contributed by atoms with van der Waals surface area (Å²) in [6.45, 7) is 1.84. The molecule has 1 N–H and O–H groups in total. The van der Waals surface area contributed by atoms with Crippen molar-refractivity contribution >= 4 is 9.84 Å². The van der Waals surface area contributed by atoms with Crippen molar-refractivity contribution in [1.82, 2.24) is 14.5 Å². The second-order valence-electron chi connectivity index (χ2n) is 8.00. The van der Waals surface area contributed by atoms with Gasteiger partial charge in [-0.05, 0) is 37.4 Å². The van der Waals surface area contributed by atoms with Crippen LogP contribution in [-0.4, -0.2) is 47.8 Å². The van der Waals surface area contributed by atoms with Crippen LogP contribution < -0.4 is 0 Å². The summed E-state index contributed by atoms with van der Waals surface area (Å²) in [6, 6.07) is 19.8. The molecule has 0 saturated carbocycles. The van der Waals surface area contributed by atoms with E-state index in [0.717, 1.165) is 24.1 Å². The number of aliphatic hydroxyl groups is 1. The number of nitrogens with zero attached hydrogens (tertiary/aromatic N) is 3. The van der Waals surface area contributed by atoms with Crippen LogP contribution >= 0.6 is 0 Å². The lowest BCUT2D eigenvalue weighted by atomic mass is 10.1. The minimum absolute atomic E-state index is 0.119. The zero-order valence-electron chi connectivity index (χ0n) is 18.2. The molecular weight excluding hydrogens is 410 g/mol. The molecule has 166 valence electrons. The number of benzene rings is 2. The number of aromatic nitrogens is 2. The molecule has 3 aromatic rings. The summed E-state index contributed by atoms with van der Waals surface area (Å²) >= 11 is 0. The van der Waals surface area contributed by atoms with Gasteiger partial charge in [0.05, 0.1) is 18.0 Å². The lowest BCUT2D eigenvalue weighted by Gasteiger charge is -2.20. The van der Waals surface area contributed by atoms with Gasteiger partial charge in [-0.3, -0.25) is 0 Å². The quantitative estimate of drug-likeness (QED) is 0.493. The van der Waals surface area contributed by atoms with Crippen molar-refractivity contribution in [3.8, 4) is 0 Å². The minimum Gasteiger partial charge on any atom is -0.388 e. The number of hydrogen-bond acceptors (Lipinski definition) is 5. The molecule has 1 aromatic heterocycles. The third-order valence-electron chi connectivity index (χ3n) is 5.32. The molecule has 7 heteroatoms. The van der Waals surface area contributed by atoms with Crippen LogP contribution in [0.3, 0.4) is 0 Å². The molecule has 0 saturated heterocycles. The maximum Gasteiger partial charge on any atom is 0.227 e. The zero-order chi connectivity index (χ0) is 22.3. The fourth-order valence-corrected chi connectivity index (χ4v) is 4.53. The molecule has 31 heavy (non-hydrogen) atoms. The summed E-state index contributed by atoms with van der Waals surface area (Å²) in [5.41, 5.74) is 3.00. The molecule has 1 heterocycles. The molecule has 6 nitrogen and oxygen atoms in total. The molecule has 1 atom stereocenters. The van der Waals surface area contributed by atoms with E-state index in [1.54, 1.807) is 6.20 Å². The first kappa shape index (κ1) is 23.2. The van der Waals surface area contributed by atoms with Crippen LogP contribution in [0.5, 0.6) is 0 Å². The van der Waals surface area contributed by atoms with Crippen LogP contribution in [0.15, 0.2) is 72.0 Å². The molecule has 0 fully saturated rings. The highest BCUT2D eigenvalue weighted by Gasteiger charge is 2.19. The highest BCUT2D eigenvalue weighted by atomic mass is 32.2. The Morgan fingerprint density at radius 2 is 1.71 bits per heavy atom. The first-order valence-corrected chi connectivity index (χ1v) is 12.4. The van der Waals surface area contributed by atoms with E-state index in [1.165, 1.54) is 11.8 Å². The van der Waals surface area contributed by atoms with E-state index in [0.29, 0.717) is 26.1 Å². The smallest absolute Gasteiger partial charge is 0.227 e. The first-order valence-electron chi connectivity index (χ1n) is 10.5. The predicted molar refractivity (Wildman–Crippen MR) is 122 cm³/mol. The molecule has 0 aliphatic rings. The van der Waals surface area contributed by atoms with Crippen molar-refractivity contribution in [3.63, 3.8) is 0 Å². The monoisotopic (exact) mass is 441 g/mol. The van der Waals surface area contributed by atoms with E-state index in [4.69, 9.17) is 0 Å². The average Bonchev–Trinajstić information content (AvgIpc) is 3.16. The highest BCUT2D eigenvalue weighted by molar-refractivity contribution is 7.90. The van der Waals surface area contributed by atoms with E-state index in [2.05, 4.69) is 22.0 Å². The number of aryl methyl sites for hydroxylation is 1. The Labute approximate surface area is 185 Å². The molecule has 0 amide bonds. The van der Waals surface area contributed by atoms with E-state index in [9.17, 15) is 13.5 Å². The highest BCUT2D eigenvalue weighted by Crippen LogP contribution is 2.18. The van der Waals surface area contributed by atoms with Crippen molar-refractivity contribution in [2.75, 3.05) is 19.8 Å². The number of rotatable bonds is 11. The summed E-state index contributed by atoms with van der Waals surface area (Å²) in [7, 11) is -1.44. The first-order chi connectivity index (χ1) is 14.8. The molecule has 0 spiro atoms. The minimum atomic E-state index is -3.41. The normalized spacial score (nSPS) is 12.9. The Kier molecular flexibility index (Phi) is 8.01. The van der Waals surface area contributed by atoms with Gasteiger partial charge in [0, 0.05) is 25.9 Å². The molecule has 0 unspecified atom stereocenters. The second-order valence-corrected chi connectivity index (χ2v) is 9.91. The second kappa shape index (κ2) is 10.7. The maximum absolute atomic E-state index is 12.2. The van der Waals surface area contributed by atoms with Gasteiger partial charge in [0.15, 0.2) is 0 Å². The third kappa shape index (κ3) is 6.75. The van der Waals surface area contributed by atoms with Gasteiger partial charge in [0.2, 0.25) is 15.0 Å². The van der Waals surface area contributed by atoms with Gasteiger partial charge in [0.1, 0.15) is 0 Å². The largest absolute Gasteiger partial charge is 0.388 e. The number of aliphatic hydroxyl groups excluding tert-OH is 1. The standard InChI is InChI=1S/C24H31N3O3S/c1-26(17-15-23(28)21-13-7-4-8-14-21)19-22-18-25-24(31(2,29)30)27(22)16-9-12-20-10-5-3-6-11-20/h3-8,10-11,13-14,18,23,28H,9,12,15-17,19H2,1-2H3/t23-/m1/s1. The Balaban J connectivity index is 1.63. The SMILES string of the molecule is CN(CC[C@@H](O)c1ccccc1)Cc1cnc(S(C)(=O)=O)n1CCCc1ccccc1. The van der Waals surface area contributed by atoms with Gasteiger partial charge in [-0.1, -0.05) is 60.7 Å². The van der Waals surface area contributed by atoms with Crippen LogP contribution in [0.1, 0.15) is 35.8 Å². The van der Waals surface area contributed by atoms with Gasteiger partial charge < -0.3 is 14.6 Å². The zero-order valence-corrected chi connectivity index (χ0v) is 19.0. The van der Waals surface area contributed by atoms with Crippen molar-refractivity contribution in [2.45, 2.75) is 43.6 Å². The molecule has 0 aliphatic carbocycles. The Hall–Kier alpha value is -2.48. The summed E-state index contributed by atoms with van der Waals surface area (Å²) in [5.74, 6) is 0. The average molecular weight is 442 g/mol. The molecule has 0 aliphatic heterocycles. The molecule has 2 aromatic carbocycles. The number of imidazole rings is 1. The van der Waals surface area contributed by atoms with E-state index in [-0.39, 0.29) is 5.16 Å². The van der Waals surface area contributed by atoms with Crippen LogP contribution in [0.4, 0.5) is 0 Å². The summed E-state index contributed by atoms with van der Waals surface area (Å²) in [6.07, 6.45) is 4.63. The van der Waals surface area contributed by atoms with Crippen LogP contribution in [-0.2, 0) is 29.3 Å². The summed E-state index contributed by atoms with van der Waals surface area (Å²) in [5, 5.41) is 10.5. The fraction of sp³-hybridized carbons (Fsp3) is 0.375. The lowest BCUT2D eigenvalue weighted by molar-refractivity contribution is 0.147. The summed E-state index contributed by atoms with van der Waals surface area (Å²) < 4.78 is 26.3. The Bertz CT molecular complexity index is 1050. The Morgan fingerprint density at radius 3 is 2.35 bits per heavy atom. The van der Waals surface area contributed by atoms with Crippen LogP contribution in [0.25, 0.3) is 0 Å². The maximum atomic E-state index is 12.2. The van der Waals surface area contributed by atoms with Gasteiger partial charge >= 0.3 is 0 Å². The fourth-order valence-electron chi connectivity index (χ4n) is 3.68. The lowest BCUT2D eigenvalue weighted by Crippen LogP contribution is -2.23. The van der Waals surface area contributed by atoms with Gasteiger partial charge in [-0.25, -0.2) is 13.4 Å². The van der Waals surface area contributed by atoms with Crippen LogP contribution in [0, 0.1) is 0 Å². The van der Waals surface area contributed by atoms with Crippen LogP contribution in [0.2, 0.25) is 0 Å². The van der Waals surface area contributed by atoms with E-state index < -0.39 is 15.9 Å². The van der Waals surface area contributed by atoms with Crippen molar-refractivity contribution in [2.24, 2.45) is 0 Å². The molecule has 3 rings (SSSR count). The van der Waals surface area contributed by atoms with E-state index >= 15 is 0 Å². The third-order valence-corrected chi connectivity index (χ3v) is 6.31. The summed E-state index contributed by atoms with van der Waals surface area (Å²) in [4.78, 5) is 6.29. The van der Waals surface area contributed by atoms with Gasteiger partial charge in [-0.2, -0.15) is 0 Å². The molecule has 0 radical (unpaired) electrons. The van der Waals surface area contributed by atoms with E-state index in [1.807, 2.05) is 60.1 Å². The Morgan fingerprint density at radius 1 is 1.06 bits per heavy atom. The van der Waals surface area contributed by atoms with Crippen molar-refractivity contribution < 1.29 is 13.5 Å². The van der Waals surface area contributed by atoms with Crippen molar-refractivity contribution in [1.29, 1.82) is 0 Å². The molecule has 0 bridgehead atoms. The van der Waals surface area contributed by atoms with Gasteiger partial charge in [0.25, 0.3) is 0 Å². The number of sulfone groups is 1. The predicted octanol–water partition coefficient (Wildman–Crippen LogP) is 3.47. The van der Waals surface area contributed by atoms with Crippen molar-refractivity contribution in [3.05, 3.63) is 83.7 Å². The van der Waals surface area contributed by atoms with Gasteiger partial charge in [-0.15, -0.1) is 0 Å². The number of hydrogen-bond donors (Lipinski definition) is 1. The topological polar surface area (TPSA) is 75.4 Å².